The SMILES string of the molecule is Cc1ccc(N2CC(NC(=O)N3CCN(c4ccc(F)cc4)CC3)CC2=O)cc1. The molecule has 2 fully saturated rings. The summed E-state index contributed by atoms with van der Waals surface area (Å²) in [5.41, 5.74) is 2.97. The van der Waals surface area contributed by atoms with Crippen LogP contribution in [0.15, 0.2) is 48.5 Å². The maximum Gasteiger partial charge on any atom is 0.317 e. The predicted molar refractivity (Wildman–Crippen MR) is 111 cm³/mol. The van der Waals surface area contributed by atoms with Gasteiger partial charge in [-0.15, -0.1) is 0 Å². The van der Waals surface area contributed by atoms with Gasteiger partial charge in [-0.25, -0.2) is 9.18 Å². The van der Waals surface area contributed by atoms with Crippen molar-refractivity contribution < 1.29 is 14.0 Å². The molecule has 1 N–H and O–H groups in total. The van der Waals surface area contributed by atoms with Gasteiger partial charge in [0.25, 0.3) is 0 Å². The summed E-state index contributed by atoms with van der Waals surface area (Å²) in [5.74, 6) is -0.224. The number of urea groups is 1. The molecule has 4 rings (SSSR count). The summed E-state index contributed by atoms with van der Waals surface area (Å²) < 4.78 is 13.1. The Bertz CT molecular complexity index is 877. The molecule has 3 amide bonds. The van der Waals surface area contributed by atoms with Gasteiger partial charge in [-0.2, -0.15) is 0 Å². The van der Waals surface area contributed by atoms with Crippen molar-refractivity contribution in [2.45, 2.75) is 19.4 Å². The average Bonchev–Trinajstić information content (AvgIpc) is 3.09. The zero-order valence-corrected chi connectivity index (χ0v) is 16.5. The van der Waals surface area contributed by atoms with E-state index in [4.69, 9.17) is 0 Å². The van der Waals surface area contributed by atoms with E-state index in [1.54, 1.807) is 21.9 Å². The number of aryl methyl sites for hydroxylation is 1. The predicted octanol–water partition coefficient (Wildman–Crippen LogP) is 2.77. The summed E-state index contributed by atoms with van der Waals surface area (Å²) in [6.07, 6.45) is 0.315. The maximum atomic E-state index is 13.1. The summed E-state index contributed by atoms with van der Waals surface area (Å²) in [6, 6.07) is 13.9. The van der Waals surface area contributed by atoms with E-state index in [0.717, 1.165) is 16.9 Å². The minimum Gasteiger partial charge on any atom is -0.368 e. The van der Waals surface area contributed by atoms with Gasteiger partial charge in [0.05, 0.1) is 6.04 Å². The summed E-state index contributed by atoms with van der Waals surface area (Å²) >= 11 is 0. The fourth-order valence-corrected chi connectivity index (χ4v) is 3.86. The van der Waals surface area contributed by atoms with Crippen molar-refractivity contribution in [1.82, 2.24) is 10.2 Å². The number of carbonyl (C=O) groups is 2. The van der Waals surface area contributed by atoms with Crippen LogP contribution in [-0.4, -0.2) is 55.6 Å². The fourth-order valence-electron chi connectivity index (χ4n) is 3.86. The highest BCUT2D eigenvalue weighted by atomic mass is 19.1. The van der Waals surface area contributed by atoms with Crippen molar-refractivity contribution in [1.29, 1.82) is 0 Å². The van der Waals surface area contributed by atoms with Crippen LogP contribution in [0.4, 0.5) is 20.6 Å². The fraction of sp³-hybridized carbons (Fsp3) is 0.364. The number of nitrogens with one attached hydrogen (secondary N) is 1. The topological polar surface area (TPSA) is 55.9 Å². The Hall–Kier alpha value is -3.09. The molecule has 0 radical (unpaired) electrons. The Labute approximate surface area is 169 Å². The van der Waals surface area contributed by atoms with E-state index in [1.807, 2.05) is 31.2 Å². The monoisotopic (exact) mass is 396 g/mol. The number of benzene rings is 2. The van der Waals surface area contributed by atoms with Gasteiger partial charge in [0.1, 0.15) is 5.82 Å². The van der Waals surface area contributed by atoms with Crippen molar-refractivity contribution in [2.24, 2.45) is 0 Å². The first-order valence-corrected chi connectivity index (χ1v) is 9.92. The van der Waals surface area contributed by atoms with Gasteiger partial charge >= 0.3 is 6.03 Å². The van der Waals surface area contributed by atoms with Gasteiger partial charge in [0.2, 0.25) is 5.91 Å². The molecule has 6 nitrogen and oxygen atoms in total. The van der Waals surface area contributed by atoms with Gasteiger partial charge in [-0.05, 0) is 43.3 Å². The molecule has 0 saturated carbocycles. The molecular weight excluding hydrogens is 371 g/mol. The van der Waals surface area contributed by atoms with Gasteiger partial charge in [-0.1, -0.05) is 17.7 Å². The molecule has 1 atom stereocenters. The molecule has 0 spiro atoms. The second-order valence-electron chi connectivity index (χ2n) is 7.64. The molecule has 2 saturated heterocycles. The van der Waals surface area contributed by atoms with Crippen molar-refractivity contribution in [3.63, 3.8) is 0 Å². The first kappa shape index (κ1) is 19.2. The molecule has 29 heavy (non-hydrogen) atoms. The van der Waals surface area contributed by atoms with Crippen LogP contribution in [-0.2, 0) is 4.79 Å². The zero-order chi connectivity index (χ0) is 20.4. The number of hydrogen-bond acceptors (Lipinski definition) is 3. The minimum absolute atomic E-state index is 0.0280. The number of hydrogen-bond donors (Lipinski definition) is 1. The Morgan fingerprint density at radius 2 is 1.59 bits per heavy atom. The molecule has 0 aromatic heterocycles. The standard InChI is InChI=1S/C22H25FN4O2/c1-16-2-6-20(7-3-16)27-15-18(14-21(27)28)24-22(29)26-12-10-25(11-13-26)19-8-4-17(23)5-9-19/h2-9,18H,10-15H2,1H3,(H,24,29). The van der Waals surface area contributed by atoms with E-state index in [9.17, 15) is 14.0 Å². The number of rotatable bonds is 3. The van der Waals surface area contributed by atoms with Crippen molar-refractivity contribution >= 4 is 23.3 Å². The van der Waals surface area contributed by atoms with Crippen LogP contribution < -0.4 is 15.1 Å². The normalized spacial score (nSPS) is 19.6. The summed E-state index contributed by atoms with van der Waals surface area (Å²) in [7, 11) is 0. The molecule has 0 bridgehead atoms. The Balaban J connectivity index is 1.29. The average molecular weight is 396 g/mol. The Morgan fingerprint density at radius 3 is 2.24 bits per heavy atom. The van der Waals surface area contributed by atoms with E-state index in [1.165, 1.54) is 12.1 Å². The number of piperazine rings is 1. The third-order valence-corrected chi connectivity index (χ3v) is 5.56. The lowest BCUT2D eigenvalue weighted by atomic mass is 10.2. The van der Waals surface area contributed by atoms with E-state index < -0.39 is 0 Å². The van der Waals surface area contributed by atoms with Crippen molar-refractivity contribution in [3.8, 4) is 0 Å². The second kappa shape index (κ2) is 8.11. The largest absolute Gasteiger partial charge is 0.368 e. The summed E-state index contributed by atoms with van der Waals surface area (Å²) in [5, 5.41) is 3.01. The molecule has 2 aromatic rings. The first-order chi connectivity index (χ1) is 14.0. The molecule has 2 aliphatic rings. The van der Waals surface area contributed by atoms with Gasteiger partial charge < -0.3 is 20.0 Å². The van der Waals surface area contributed by atoms with Gasteiger partial charge in [-0.3, -0.25) is 4.79 Å². The molecule has 1 unspecified atom stereocenters. The van der Waals surface area contributed by atoms with Gasteiger partial charge in [0.15, 0.2) is 0 Å². The Morgan fingerprint density at radius 1 is 0.966 bits per heavy atom. The van der Waals surface area contributed by atoms with E-state index in [0.29, 0.717) is 39.1 Å². The van der Waals surface area contributed by atoms with Crippen LogP contribution in [0.5, 0.6) is 0 Å². The van der Waals surface area contributed by atoms with Crippen LogP contribution >= 0.6 is 0 Å². The molecule has 152 valence electrons. The van der Waals surface area contributed by atoms with E-state index >= 15 is 0 Å². The molecular formula is C22H25FN4O2. The number of halogens is 1. The lowest BCUT2D eigenvalue weighted by molar-refractivity contribution is -0.117. The Kier molecular flexibility index (Phi) is 5.38. The molecule has 0 aliphatic carbocycles. The quantitative estimate of drug-likeness (QED) is 0.868. The number of amides is 3. The highest BCUT2D eigenvalue weighted by Crippen LogP contribution is 2.22. The smallest absolute Gasteiger partial charge is 0.317 e. The third-order valence-electron chi connectivity index (χ3n) is 5.56. The minimum atomic E-state index is -0.252. The summed E-state index contributed by atoms with van der Waals surface area (Å²) in [4.78, 5) is 30.7. The maximum absolute atomic E-state index is 13.1. The number of nitrogens with zero attached hydrogens (tertiary/aromatic N) is 3. The van der Waals surface area contributed by atoms with Crippen LogP contribution in [0, 0.1) is 12.7 Å². The third kappa shape index (κ3) is 4.34. The second-order valence-corrected chi connectivity index (χ2v) is 7.64. The highest BCUT2D eigenvalue weighted by molar-refractivity contribution is 5.96. The lowest BCUT2D eigenvalue weighted by Gasteiger charge is -2.36. The zero-order valence-electron chi connectivity index (χ0n) is 16.5. The van der Waals surface area contributed by atoms with Crippen LogP contribution in [0.2, 0.25) is 0 Å². The molecule has 2 aromatic carbocycles. The van der Waals surface area contributed by atoms with Crippen molar-refractivity contribution in [2.75, 3.05) is 42.5 Å². The first-order valence-electron chi connectivity index (χ1n) is 9.92. The van der Waals surface area contributed by atoms with Crippen LogP contribution in [0.3, 0.4) is 0 Å². The number of anilines is 2. The highest BCUT2D eigenvalue weighted by Gasteiger charge is 2.33. The van der Waals surface area contributed by atoms with Gasteiger partial charge in [0, 0.05) is 50.5 Å². The van der Waals surface area contributed by atoms with E-state index in [2.05, 4.69) is 10.2 Å². The molecule has 2 aliphatic heterocycles. The lowest BCUT2D eigenvalue weighted by Crippen LogP contribution is -2.53. The molecule has 2 heterocycles. The van der Waals surface area contributed by atoms with Crippen LogP contribution in [0.25, 0.3) is 0 Å². The van der Waals surface area contributed by atoms with E-state index in [-0.39, 0.29) is 23.8 Å². The number of carbonyl (C=O) groups excluding carboxylic acids is 2. The van der Waals surface area contributed by atoms with Crippen molar-refractivity contribution in [3.05, 3.63) is 59.9 Å². The van der Waals surface area contributed by atoms with Crippen LogP contribution in [0.1, 0.15) is 12.0 Å². The summed E-state index contributed by atoms with van der Waals surface area (Å²) in [6.45, 7) is 5.06. The molecule has 7 heteroatoms.